The summed E-state index contributed by atoms with van der Waals surface area (Å²) in [7, 11) is 1.63. The van der Waals surface area contributed by atoms with Crippen molar-refractivity contribution in [3.63, 3.8) is 0 Å². The van der Waals surface area contributed by atoms with Crippen molar-refractivity contribution in [2.75, 3.05) is 12.4 Å². The number of anilines is 1. The van der Waals surface area contributed by atoms with Crippen molar-refractivity contribution in [2.24, 2.45) is 5.73 Å². The Labute approximate surface area is 139 Å². The first-order chi connectivity index (χ1) is 10.0. The van der Waals surface area contributed by atoms with Crippen LogP contribution in [0.4, 0.5) is 5.69 Å². The van der Waals surface area contributed by atoms with E-state index in [-0.39, 0.29) is 0 Å². The Kier molecular flexibility index (Phi) is 5.25. The number of ether oxygens (including phenoxy) is 1. The van der Waals surface area contributed by atoms with Crippen LogP contribution in [-0.4, -0.2) is 13.0 Å². The van der Waals surface area contributed by atoms with Crippen LogP contribution in [0.3, 0.4) is 0 Å². The minimum atomic E-state index is -0.426. The van der Waals surface area contributed by atoms with Crippen LogP contribution in [0, 0.1) is 0 Å². The third kappa shape index (κ3) is 3.98. The maximum atomic E-state index is 11.0. The average Bonchev–Trinajstić information content (AvgIpc) is 2.45. The Hall–Kier alpha value is -1.53. The van der Waals surface area contributed by atoms with E-state index >= 15 is 0 Å². The lowest BCUT2D eigenvalue weighted by atomic mass is 10.2. The summed E-state index contributed by atoms with van der Waals surface area (Å²) in [6.45, 7) is 0.650. The van der Waals surface area contributed by atoms with Crippen molar-refractivity contribution in [3.05, 3.63) is 56.5 Å². The highest BCUT2D eigenvalue weighted by atomic mass is 79.9. The van der Waals surface area contributed by atoms with Gasteiger partial charge in [-0.05, 0) is 73.8 Å². The fourth-order valence-corrected chi connectivity index (χ4v) is 3.47. The molecule has 0 saturated carbocycles. The predicted octanol–water partition coefficient (Wildman–Crippen LogP) is 3.93. The molecule has 110 valence electrons. The lowest BCUT2D eigenvalue weighted by molar-refractivity contribution is 0.100. The molecule has 0 bridgehead atoms. The molecule has 0 spiro atoms. The summed E-state index contributed by atoms with van der Waals surface area (Å²) in [5.41, 5.74) is 7.71. The number of hydrogen-bond acceptors (Lipinski definition) is 3. The number of carbonyl (C=O) groups excluding carboxylic acids is 1. The van der Waals surface area contributed by atoms with Gasteiger partial charge in [0.15, 0.2) is 0 Å². The van der Waals surface area contributed by atoms with Crippen LogP contribution >= 0.6 is 31.9 Å². The predicted molar refractivity (Wildman–Crippen MR) is 90.7 cm³/mol. The van der Waals surface area contributed by atoms with Gasteiger partial charge in [-0.1, -0.05) is 0 Å². The number of carbonyl (C=O) groups is 1. The first-order valence-corrected chi connectivity index (χ1v) is 7.75. The average molecular weight is 414 g/mol. The molecule has 1 amide bonds. The Bertz CT molecular complexity index is 634. The number of methoxy groups -OCH3 is 1. The lowest BCUT2D eigenvalue weighted by Gasteiger charge is -2.11. The second-order valence-electron chi connectivity index (χ2n) is 4.39. The Morgan fingerprint density at radius 3 is 2.24 bits per heavy atom. The van der Waals surface area contributed by atoms with Gasteiger partial charge in [-0.3, -0.25) is 4.79 Å². The summed E-state index contributed by atoms with van der Waals surface area (Å²) in [5.74, 6) is 0.342. The van der Waals surface area contributed by atoms with E-state index in [1.807, 2.05) is 24.3 Å². The van der Waals surface area contributed by atoms with Crippen LogP contribution in [0.15, 0.2) is 45.3 Å². The maximum Gasteiger partial charge on any atom is 0.248 e. The molecular formula is C15H14Br2N2O2. The highest BCUT2D eigenvalue weighted by Gasteiger charge is 2.07. The first-order valence-electron chi connectivity index (χ1n) is 6.17. The number of primary amides is 1. The monoisotopic (exact) mass is 412 g/mol. The van der Waals surface area contributed by atoms with Crippen molar-refractivity contribution in [2.45, 2.75) is 6.54 Å². The second-order valence-corrected chi connectivity index (χ2v) is 6.10. The quantitative estimate of drug-likeness (QED) is 0.780. The Morgan fingerprint density at radius 1 is 1.19 bits per heavy atom. The van der Waals surface area contributed by atoms with Gasteiger partial charge in [0.25, 0.3) is 0 Å². The molecule has 2 aromatic carbocycles. The van der Waals surface area contributed by atoms with Crippen LogP contribution < -0.4 is 15.8 Å². The molecule has 3 N–H and O–H groups in total. The summed E-state index contributed by atoms with van der Waals surface area (Å²) in [5, 5.41) is 3.28. The number of benzene rings is 2. The molecule has 0 aromatic heterocycles. The van der Waals surface area contributed by atoms with Crippen molar-refractivity contribution in [3.8, 4) is 5.75 Å². The number of nitrogens with one attached hydrogen (secondary N) is 1. The summed E-state index contributed by atoms with van der Waals surface area (Å²) in [4.78, 5) is 11.0. The van der Waals surface area contributed by atoms with Gasteiger partial charge in [-0.2, -0.15) is 0 Å². The van der Waals surface area contributed by atoms with Crippen LogP contribution in [-0.2, 0) is 6.54 Å². The van der Waals surface area contributed by atoms with Crippen molar-refractivity contribution in [1.82, 2.24) is 0 Å². The van der Waals surface area contributed by atoms with E-state index in [4.69, 9.17) is 10.5 Å². The molecule has 0 aliphatic carbocycles. The molecule has 0 atom stereocenters. The van der Waals surface area contributed by atoms with Gasteiger partial charge >= 0.3 is 0 Å². The molecule has 0 unspecified atom stereocenters. The fourth-order valence-electron chi connectivity index (χ4n) is 1.87. The molecule has 0 heterocycles. The third-order valence-corrected chi connectivity index (χ3v) is 4.11. The molecule has 4 nitrogen and oxygen atoms in total. The van der Waals surface area contributed by atoms with Crippen LogP contribution in [0.1, 0.15) is 15.9 Å². The molecule has 6 heteroatoms. The molecule has 0 fully saturated rings. The van der Waals surface area contributed by atoms with Gasteiger partial charge in [0, 0.05) is 17.8 Å². The zero-order valence-electron chi connectivity index (χ0n) is 11.3. The molecule has 2 aromatic rings. The number of amides is 1. The van der Waals surface area contributed by atoms with Gasteiger partial charge in [0.05, 0.1) is 16.1 Å². The van der Waals surface area contributed by atoms with Crippen LogP contribution in [0.25, 0.3) is 0 Å². The molecule has 2 rings (SSSR count). The fraction of sp³-hybridized carbons (Fsp3) is 0.133. The molecule has 0 radical (unpaired) electrons. The van der Waals surface area contributed by atoms with E-state index < -0.39 is 5.91 Å². The maximum absolute atomic E-state index is 11.0. The van der Waals surface area contributed by atoms with E-state index in [1.165, 1.54) is 0 Å². The minimum Gasteiger partial charge on any atom is -0.494 e. The molecule has 0 aliphatic rings. The first kappa shape index (κ1) is 15.9. The van der Waals surface area contributed by atoms with Gasteiger partial charge < -0.3 is 15.8 Å². The SMILES string of the molecule is COc1c(Br)cc(CNc2ccc(C(N)=O)cc2)cc1Br. The van der Waals surface area contributed by atoms with E-state index in [0.29, 0.717) is 12.1 Å². The van der Waals surface area contributed by atoms with Gasteiger partial charge in [-0.15, -0.1) is 0 Å². The third-order valence-electron chi connectivity index (χ3n) is 2.93. The van der Waals surface area contributed by atoms with Crippen molar-refractivity contribution < 1.29 is 9.53 Å². The smallest absolute Gasteiger partial charge is 0.248 e. The van der Waals surface area contributed by atoms with Crippen LogP contribution in [0.2, 0.25) is 0 Å². The van der Waals surface area contributed by atoms with Crippen molar-refractivity contribution >= 4 is 43.5 Å². The normalized spacial score (nSPS) is 10.2. The molecule has 0 aliphatic heterocycles. The summed E-state index contributed by atoms with van der Waals surface area (Å²) in [6.07, 6.45) is 0. The largest absolute Gasteiger partial charge is 0.494 e. The molecule has 21 heavy (non-hydrogen) atoms. The van der Waals surface area contributed by atoms with Gasteiger partial charge in [0.1, 0.15) is 5.75 Å². The summed E-state index contributed by atoms with van der Waals surface area (Å²) >= 11 is 6.95. The number of hydrogen-bond donors (Lipinski definition) is 2. The minimum absolute atomic E-state index is 0.426. The van der Waals surface area contributed by atoms with Gasteiger partial charge in [0.2, 0.25) is 5.91 Å². The van der Waals surface area contributed by atoms with E-state index in [1.54, 1.807) is 19.2 Å². The Balaban J connectivity index is 2.07. The lowest BCUT2D eigenvalue weighted by Crippen LogP contribution is -2.10. The molecule has 0 saturated heterocycles. The molecular weight excluding hydrogens is 400 g/mol. The van der Waals surface area contributed by atoms with Gasteiger partial charge in [-0.25, -0.2) is 0 Å². The number of halogens is 2. The zero-order valence-corrected chi connectivity index (χ0v) is 14.5. The topological polar surface area (TPSA) is 64.3 Å². The number of rotatable bonds is 5. The van der Waals surface area contributed by atoms with E-state index in [0.717, 1.165) is 25.9 Å². The highest BCUT2D eigenvalue weighted by Crippen LogP contribution is 2.34. The Morgan fingerprint density at radius 2 is 1.76 bits per heavy atom. The standard InChI is InChI=1S/C15H14Br2N2O2/c1-21-14-12(16)6-9(7-13(14)17)8-19-11-4-2-10(3-5-11)15(18)20/h2-7,19H,8H2,1H3,(H2,18,20). The highest BCUT2D eigenvalue weighted by molar-refractivity contribution is 9.11. The van der Waals surface area contributed by atoms with E-state index in [2.05, 4.69) is 37.2 Å². The summed E-state index contributed by atoms with van der Waals surface area (Å²) in [6, 6.07) is 11.0. The van der Waals surface area contributed by atoms with Crippen LogP contribution in [0.5, 0.6) is 5.75 Å². The second kappa shape index (κ2) is 6.95. The number of nitrogens with two attached hydrogens (primary N) is 1. The van der Waals surface area contributed by atoms with E-state index in [9.17, 15) is 4.79 Å². The zero-order chi connectivity index (χ0) is 15.4. The summed E-state index contributed by atoms with van der Waals surface area (Å²) < 4.78 is 7.05. The van der Waals surface area contributed by atoms with Crippen molar-refractivity contribution in [1.29, 1.82) is 0 Å².